The van der Waals surface area contributed by atoms with E-state index in [1.807, 2.05) is 32.9 Å². The lowest BCUT2D eigenvalue weighted by atomic mass is 9.97. The molecule has 2 aromatic rings. The maximum absolute atomic E-state index is 5.60. The summed E-state index contributed by atoms with van der Waals surface area (Å²) in [5.41, 5.74) is 6.12. The second kappa shape index (κ2) is 4.97. The van der Waals surface area contributed by atoms with Crippen molar-refractivity contribution in [2.75, 3.05) is 5.73 Å². The Kier molecular flexibility index (Phi) is 3.56. The summed E-state index contributed by atoms with van der Waals surface area (Å²) in [7, 11) is 0. The molecule has 0 saturated heterocycles. The van der Waals surface area contributed by atoms with Crippen molar-refractivity contribution in [2.24, 2.45) is 0 Å². The minimum absolute atomic E-state index is 0.116. The van der Waals surface area contributed by atoms with Gasteiger partial charge in [-0.2, -0.15) is 0 Å². The highest BCUT2D eigenvalue weighted by molar-refractivity contribution is 7.98. The molecule has 2 aromatic heterocycles. The Labute approximate surface area is 110 Å². The van der Waals surface area contributed by atoms with Crippen molar-refractivity contribution in [1.29, 1.82) is 0 Å². The van der Waals surface area contributed by atoms with E-state index in [2.05, 4.69) is 15.2 Å². The lowest BCUT2D eigenvalue weighted by molar-refractivity contribution is 0.378. The van der Waals surface area contributed by atoms with Gasteiger partial charge in [0, 0.05) is 5.41 Å². The fourth-order valence-corrected chi connectivity index (χ4v) is 1.91. The fraction of sp³-hybridized carbons (Fsp3) is 0.417. The number of hydrogen-bond donors (Lipinski definition) is 1. The first-order chi connectivity index (χ1) is 8.45. The van der Waals surface area contributed by atoms with Crippen LogP contribution < -0.4 is 5.73 Å². The Morgan fingerprint density at radius 1 is 1.28 bits per heavy atom. The number of thioether (sulfide) groups is 1. The summed E-state index contributed by atoms with van der Waals surface area (Å²) in [6.45, 7) is 6.12. The molecule has 0 aliphatic carbocycles. The molecule has 96 valence electrons. The Bertz CT molecular complexity index is 516. The van der Waals surface area contributed by atoms with Gasteiger partial charge in [-0.15, -0.1) is 10.2 Å². The lowest BCUT2D eigenvalue weighted by Crippen LogP contribution is -2.11. The van der Waals surface area contributed by atoms with Crippen LogP contribution in [0.25, 0.3) is 0 Å². The number of aromatic nitrogens is 3. The van der Waals surface area contributed by atoms with Gasteiger partial charge in [0.15, 0.2) is 0 Å². The van der Waals surface area contributed by atoms with E-state index in [4.69, 9.17) is 10.2 Å². The van der Waals surface area contributed by atoms with Crippen LogP contribution in [0.15, 0.2) is 27.8 Å². The van der Waals surface area contributed by atoms with Gasteiger partial charge >= 0.3 is 0 Å². The molecule has 6 heteroatoms. The normalized spacial score (nSPS) is 11.7. The summed E-state index contributed by atoms with van der Waals surface area (Å²) in [5.74, 6) is 1.88. The van der Waals surface area contributed by atoms with Crippen LogP contribution in [0, 0.1) is 0 Å². The summed E-state index contributed by atoms with van der Waals surface area (Å²) >= 11 is 1.54. The monoisotopic (exact) mass is 264 g/mol. The molecule has 0 atom stereocenters. The maximum Gasteiger partial charge on any atom is 0.226 e. The van der Waals surface area contributed by atoms with Gasteiger partial charge in [0.25, 0.3) is 0 Å². The fourth-order valence-electron chi connectivity index (χ4n) is 1.23. The van der Waals surface area contributed by atoms with Crippen molar-refractivity contribution in [3.63, 3.8) is 0 Å². The molecular formula is C12H16N4OS. The van der Waals surface area contributed by atoms with Crippen LogP contribution in [0.5, 0.6) is 0 Å². The molecule has 2 rings (SSSR count). The van der Waals surface area contributed by atoms with Crippen molar-refractivity contribution >= 4 is 17.4 Å². The van der Waals surface area contributed by atoms with Crippen molar-refractivity contribution < 1.29 is 4.42 Å². The van der Waals surface area contributed by atoms with E-state index in [1.54, 1.807) is 18.0 Å². The number of nitrogens with zero attached hydrogens (tertiary/aromatic N) is 3. The van der Waals surface area contributed by atoms with E-state index >= 15 is 0 Å². The van der Waals surface area contributed by atoms with Gasteiger partial charge in [-0.05, 0) is 12.1 Å². The highest BCUT2D eigenvalue weighted by atomic mass is 32.2. The van der Waals surface area contributed by atoms with Gasteiger partial charge in [-0.3, -0.25) is 0 Å². The Morgan fingerprint density at radius 3 is 2.61 bits per heavy atom. The molecule has 0 aliphatic rings. The number of anilines is 1. The van der Waals surface area contributed by atoms with Crippen molar-refractivity contribution in [3.05, 3.63) is 30.1 Å². The van der Waals surface area contributed by atoms with E-state index in [0.29, 0.717) is 23.2 Å². The average molecular weight is 264 g/mol. The minimum Gasteiger partial charge on any atom is -0.424 e. The van der Waals surface area contributed by atoms with Crippen LogP contribution >= 0.6 is 11.8 Å². The van der Waals surface area contributed by atoms with Crippen LogP contribution in [-0.4, -0.2) is 15.2 Å². The third kappa shape index (κ3) is 3.22. The molecule has 2 heterocycles. The molecule has 18 heavy (non-hydrogen) atoms. The minimum atomic E-state index is -0.116. The summed E-state index contributed by atoms with van der Waals surface area (Å²) in [5, 5.41) is 8.96. The maximum atomic E-state index is 5.60. The number of rotatable bonds is 3. The summed E-state index contributed by atoms with van der Waals surface area (Å²) in [6.07, 6.45) is 1.64. The number of pyridine rings is 1. The first-order valence-corrected chi connectivity index (χ1v) is 6.61. The molecule has 0 radical (unpaired) electrons. The standard InChI is InChI=1S/C12H16N4OS/c1-12(2,3)11-16-15-9(17-11)7-18-10-5-4-8(13)6-14-10/h4-6H,7,13H2,1-3H3. The van der Waals surface area contributed by atoms with Crippen LogP contribution in [0.2, 0.25) is 0 Å². The van der Waals surface area contributed by atoms with Crippen molar-refractivity contribution in [2.45, 2.75) is 37.0 Å². The van der Waals surface area contributed by atoms with E-state index in [-0.39, 0.29) is 5.41 Å². The zero-order valence-corrected chi connectivity index (χ0v) is 11.5. The molecule has 2 N–H and O–H groups in total. The second-order valence-corrected chi connectivity index (χ2v) is 5.97. The predicted molar refractivity (Wildman–Crippen MR) is 71.2 cm³/mol. The number of nitrogens with two attached hydrogens (primary N) is 1. The van der Waals surface area contributed by atoms with Gasteiger partial charge in [0.2, 0.25) is 11.8 Å². The largest absolute Gasteiger partial charge is 0.424 e. The molecule has 0 spiro atoms. The third-order valence-corrected chi connectivity index (χ3v) is 3.14. The summed E-state index contributed by atoms with van der Waals surface area (Å²) in [6, 6.07) is 3.70. The SMILES string of the molecule is CC(C)(C)c1nnc(CSc2ccc(N)cn2)o1. The van der Waals surface area contributed by atoms with E-state index < -0.39 is 0 Å². The number of hydrogen-bond acceptors (Lipinski definition) is 6. The zero-order valence-electron chi connectivity index (χ0n) is 10.7. The van der Waals surface area contributed by atoms with E-state index in [9.17, 15) is 0 Å². The van der Waals surface area contributed by atoms with Gasteiger partial charge in [-0.1, -0.05) is 32.5 Å². The van der Waals surface area contributed by atoms with Gasteiger partial charge in [0.05, 0.1) is 22.7 Å². The Balaban J connectivity index is 1.98. The third-order valence-electron chi connectivity index (χ3n) is 2.21. The molecule has 0 aromatic carbocycles. The first-order valence-electron chi connectivity index (χ1n) is 5.62. The molecule has 0 bridgehead atoms. The predicted octanol–water partition coefficient (Wildman–Crippen LogP) is 2.64. The summed E-state index contributed by atoms with van der Waals surface area (Å²) in [4.78, 5) is 4.20. The van der Waals surface area contributed by atoms with Gasteiger partial charge in [-0.25, -0.2) is 4.98 Å². The lowest BCUT2D eigenvalue weighted by Gasteiger charge is -2.10. The topological polar surface area (TPSA) is 77.8 Å². The first kappa shape index (κ1) is 12.9. The van der Waals surface area contributed by atoms with Crippen molar-refractivity contribution in [3.8, 4) is 0 Å². The smallest absolute Gasteiger partial charge is 0.226 e. The zero-order chi connectivity index (χ0) is 13.2. The highest BCUT2D eigenvalue weighted by Crippen LogP contribution is 2.24. The summed E-state index contributed by atoms with van der Waals surface area (Å²) < 4.78 is 5.60. The molecule has 5 nitrogen and oxygen atoms in total. The molecule has 0 unspecified atom stereocenters. The van der Waals surface area contributed by atoms with Crippen LogP contribution in [0.1, 0.15) is 32.6 Å². The quantitative estimate of drug-likeness (QED) is 0.859. The molecule has 0 fully saturated rings. The van der Waals surface area contributed by atoms with Gasteiger partial charge in [0.1, 0.15) is 0 Å². The number of nitrogen functional groups attached to an aromatic ring is 1. The molecule has 0 amide bonds. The van der Waals surface area contributed by atoms with Crippen molar-refractivity contribution in [1.82, 2.24) is 15.2 Å². The van der Waals surface area contributed by atoms with Gasteiger partial charge < -0.3 is 10.2 Å². The second-order valence-electron chi connectivity index (χ2n) is 4.97. The van der Waals surface area contributed by atoms with E-state index in [1.165, 1.54) is 0 Å². The van der Waals surface area contributed by atoms with Crippen LogP contribution in [0.4, 0.5) is 5.69 Å². The Hall–Kier alpha value is -1.56. The van der Waals surface area contributed by atoms with E-state index in [0.717, 1.165) is 5.03 Å². The highest BCUT2D eigenvalue weighted by Gasteiger charge is 2.21. The van der Waals surface area contributed by atoms with Crippen LogP contribution in [0.3, 0.4) is 0 Å². The van der Waals surface area contributed by atoms with Crippen LogP contribution in [-0.2, 0) is 11.2 Å². The molecule has 0 saturated carbocycles. The molecular weight excluding hydrogens is 248 g/mol. The average Bonchev–Trinajstić information content (AvgIpc) is 2.77. The Morgan fingerprint density at radius 2 is 2.06 bits per heavy atom. The molecule has 0 aliphatic heterocycles.